The second kappa shape index (κ2) is 3.20. The van der Waals surface area contributed by atoms with Crippen LogP contribution in [0.2, 0.25) is 0 Å². The molecule has 0 spiro atoms. The summed E-state index contributed by atoms with van der Waals surface area (Å²) in [6.07, 6.45) is 3.38. The zero-order valence-corrected chi connectivity index (χ0v) is 7.92. The van der Waals surface area contributed by atoms with Crippen molar-refractivity contribution in [3.63, 3.8) is 0 Å². The molecule has 0 saturated heterocycles. The smallest absolute Gasteiger partial charge is 0.227 e. The van der Waals surface area contributed by atoms with Gasteiger partial charge in [0.2, 0.25) is 5.89 Å². The van der Waals surface area contributed by atoms with E-state index in [4.69, 9.17) is 4.42 Å². The second-order valence-electron chi connectivity index (χ2n) is 3.23. The van der Waals surface area contributed by atoms with Gasteiger partial charge in [-0.15, -0.1) is 0 Å². The Morgan fingerprint density at radius 1 is 1.00 bits per heavy atom. The Morgan fingerprint density at radius 2 is 1.87 bits per heavy atom. The predicted molar refractivity (Wildman–Crippen MR) is 57.2 cm³/mol. The lowest BCUT2D eigenvalue weighted by atomic mass is 10.2. The quantitative estimate of drug-likeness (QED) is 0.600. The first-order valence-electron chi connectivity index (χ1n) is 4.69. The van der Waals surface area contributed by atoms with Gasteiger partial charge in [0.15, 0.2) is 5.58 Å². The summed E-state index contributed by atoms with van der Waals surface area (Å²) in [5.74, 6) is 0.638. The highest BCUT2D eigenvalue weighted by Crippen LogP contribution is 2.22. The van der Waals surface area contributed by atoms with Gasteiger partial charge in [0.25, 0.3) is 0 Å². The Hall–Kier alpha value is -2.16. The molecule has 0 aliphatic heterocycles. The van der Waals surface area contributed by atoms with E-state index >= 15 is 0 Å². The highest BCUT2D eigenvalue weighted by molar-refractivity contribution is 5.74. The molecule has 0 amide bonds. The maximum absolute atomic E-state index is 5.58. The van der Waals surface area contributed by atoms with E-state index in [1.54, 1.807) is 12.4 Å². The number of fused-ring (bicyclic) bond motifs is 1. The fourth-order valence-corrected chi connectivity index (χ4v) is 1.48. The number of nitrogens with zero attached hydrogens (tertiary/aromatic N) is 2. The van der Waals surface area contributed by atoms with Crippen molar-refractivity contribution in [1.82, 2.24) is 9.97 Å². The van der Waals surface area contributed by atoms with Crippen molar-refractivity contribution in [1.29, 1.82) is 0 Å². The zero-order chi connectivity index (χ0) is 10.1. The summed E-state index contributed by atoms with van der Waals surface area (Å²) in [5.41, 5.74) is 2.54. The Morgan fingerprint density at radius 3 is 2.67 bits per heavy atom. The van der Waals surface area contributed by atoms with Gasteiger partial charge in [-0.3, -0.25) is 4.98 Å². The first kappa shape index (κ1) is 8.17. The van der Waals surface area contributed by atoms with Crippen molar-refractivity contribution in [2.45, 2.75) is 0 Å². The van der Waals surface area contributed by atoms with Gasteiger partial charge in [-0.1, -0.05) is 18.2 Å². The third kappa shape index (κ3) is 1.38. The third-order valence-electron chi connectivity index (χ3n) is 2.21. The second-order valence-corrected chi connectivity index (χ2v) is 3.23. The van der Waals surface area contributed by atoms with Crippen molar-refractivity contribution in [2.75, 3.05) is 0 Å². The van der Waals surface area contributed by atoms with E-state index in [2.05, 4.69) is 9.97 Å². The van der Waals surface area contributed by atoms with Crippen molar-refractivity contribution in [2.24, 2.45) is 0 Å². The minimum Gasteiger partial charge on any atom is -0.434 e. The number of pyridine rings is 1. The van der Waals surface area contributed by atoms with Crippen molar-refractivity contribution < 1.29 is 4.42 Å². The number of hydrogen-bond acceptors (Lipinski definition) is 3. The monoisotopic (exact) mass is 196 g/mol. The van der Waals surface area contributed by atoms with Gasteiger partial charge in [-0.05, 0) is 18.2 Å². The van der Waals surface area contributed by atoms with Crippen LogP contribution in [0, 0.1) is 0 Å². The molecule has 72 valence electrons. The molecule has 3 nitrogen and oxygen atoms in total. The van der Waals surface area contributed by atoms with Crippen molar-refractivity contribution in [3.05, 3.63) is 48.8 Å². The summed E-state index contributed by atoms with van der Waals surface area (Å²) in [4.78, 5) is 8.36. The molecule has 0 fully saturated rings. The zero-order valence-electron chi connectivity index (χ0n) is 7.92. The first-order valence-corrected chi connectivity index (χ1v) is 4.69. The molecule has 15 heavy (non-hydrogen) atoms. The van der Waals surface area contributed by atoms with E-state index in [9.17, 15) is 0 Å². The summed E-state index contributed by atoms with van der Waals surface area (Å²) in [6, 6.07) is 11.7. The maximum Gasteiger partial charge on any atom is 0.227 e. The predicted octanol–water partition coefficient (Wildman–Crippen LogP) is 2.89. The molecule has 0 saturated carbocycles. The number of rotatable bonds is 1. The Kier molecular flexibility index (Phi) is 1.75. The molecule has 3 rings (SSSR count). The van der Waals surface area contributed by atoms with E-state index in [1.165, 1.54) is 0 Å². The number of aromatic nitrogens is 2. The highest BCUT2D eigenvalue weighted by Gasteiger charge is 2.06. The minimum absolute atomic E-state index is 0.638. The van der Waals surface area contributed by atoms with Crippen LogP contribution in [0.5, 0.6) is 0 Å². The lowest BCUT2D eigenvalue weighted by Gasteiger charge is -1.91. The summed E-state index contributed by atoms with van der Waals surface area (Å²) < 4.78 is 5.58. The SMILES string of the molecule is c1ccc(-c2nc3ccncc3o2)cc1. The molecular weight excluding hydrogens is 188 g/mol. The molecule has 3 aromatic rings. The molecule has 0 aliphatic carbocycles. The average Bonchev–Trinajstić information content (AvgIpc) is 2.74. The summed E-state index contributed by atoms with van der Waals surface area (Å²) in [6.45, 7) is 0. The van der Waals surface area contributed by atoms with Crippen LogP contribution in [-0.2, 0) is 0 Å². The van der Waals surface area contributed by atoms with Crippen LogP contribution in [0.25, 0.3) is 22.6 Å². The molecule has 0 radical (unpaired) electrons. The van der Waals surface area contributed by atoms with Crippen LogP contribution < -0.4 is 0 Å². The van der Waals surface area contributed by atoms with E-state index < -0.39 is 0 Å². The number of oxazole rings is 1. The summed E-state index contributed by atoms with van der Waals surface area (Å²) >= 11 is 0. The normalized spacial score (nSPS) is 10.7. The van der Waals surface area contributed by atoms with Gasteiger partial charge in [-0.25, -0.2) is 4.98 Å². The third-order valence-corrected chi connectivity index (χ3v) is 2.21. The molecule has 0 atom stereocenters. The number of hydrogen-bond donors (Lipinski definition) is 0. The molecular formula is C12H8N2O. The highest BCUT2D eigenvalue weighted by atomic mass is 16.3. The molecule has 1 aromatic carbocycles. The Labute approximate surface area is 86.4 Å². The van der Waals surface area contributed by atoms with E-state index in [0.717, 1.165) is 16.7 Å². The molecule has 2 heterocycles. The van der Waals surface area contributed by atoms with Crippen molar-refractivity contribution >= 4 is 11.1 Å². The fourth-order valence-electron chi connectivity index (χ4n) is 1.48. The fraction of sp³-hybridized carbons (Fsp3) is 0. The minimum atomic E-state index is 0.638. The van der Waals surface area contributed by atoms with E-state index in [-0.39, 0.29) is 0 Å². The van der Waals surface area contributed by atoms with Crippen LogP contribution in [-0.4, -0.2) is 9.97 Å². The van der Waals surface area contributed by atoms with Gasteiger partial charge >= 0.3 is 0 Å². The first-order chi connectivity index (χ1) is 7.43. The van der Waals surface area contributed by atoms with Crippen LogP contribution in [0.15, 0.2) is 53.2 Å². The molecule has 0 unspecified atom stereocenters. The standard InChI is InChI=1S/C12H8N2O/c1-2-4-9(5-3-1)12-14-10-6-7-13-8-11(10)15-12/h1-8H. The number of benzene rings is 1. The maximum atomic E-state index is 5.58. The topological polar surface area (TPSA) is 38.9 Å². The van der Waals surface area contributed by atoms with Gasteiger partial charge < -0.3 is 4.42 Å². The lowest BCUT2D eigenvalue weighted by molar-refractivity contribution is 0.618. The van der Waals surface area contributed by atoms with E-state index in [1.807, 2.05) is 36.4 Å². The summed E-state index contributed by atoms with van der Waals surface area (Å²) in [5, 5.41) is 0. The van der Waals surface area contributed by atoms with Gasteiger partial charge in [0.05, 0.1) is 6.20 Å². The summed E-state index contributed by atoms with van der Waals surface area (Å²) in [7, 11) is 0. The largest absolute Gasteiger partial charge is 0.434 e. The van der Waals surface area contributed by atoms with Crippen LogP contribution in [0.1, 0.15) is 0 Å². The van der Waals surface area contributed by atoms with Gasteiger partial charge in [0.1, 0.15) is 5.52 Å². The lowest BCUT2D eigenvalue weighted by Crippen LogP contribution is -1.74. The molecule has 3 heteroatoms. The Bertz CT molecular complexity index is 554. The average molecular weight is 196 g/mol. The molecule has 0 bridgehead atoms. The van der Waals surface area contributed by atoms with Crippen LogP contribution in [0.3, 0.4) is 0 Å². The molecule has 0 aliphatic rings. The van der Waals surface area contributed by atoms with Crippen molar-refractivity contribution in [3.8, 4) is 11.5 Å². The molecule has 0 N–H and O–H groups in total. The Balaban J connectivity index is 2.21. The molecule has 2 aromatic heterocycles. The van der Waals surface area contributed by atoms with Crippen LogP contribution in [0.4, 0.5) is 0 Å². The van der Waals surface area contributed by atoms with E-state index in [0.29, 0.717) is 5.89 Å². The van der Waals surface area contributed by atoms with Crippen LogP contribution >= 0.6 is 0 Å². The van der Waals surface area contributed by atoms with Gasteiger partial charge in [-0.2, -0.15) is 0 Å². The van der Waals surface area contributed by atoms with Gasteiger partial charge in [0, 0.05) is 11.8 Å².